The van der Waals surface area contributed by atoms with Crippen LogP contribution >= 0.6 is 0 Å². The summed E-state index contributed by atoms with van der Waals surface area (Å²) in [6, 6.07) is 0. The molecule has 1 rings (SSSR count). The van der Waals surface area contributed by atoms with Crippen molar-refractivity contribution in [3.05, 3.63) is 24.3 Å². The van der Waals surface area contributed by atoms with Crippen molar-refractivity contribution in [2.24, 2.45) is 0 Å². The number of aryl methyl sites for hydroxylation is 1. The molecule has 0 saturated heterocycles. The number of hydrogen-bond donors (Lipinski definition) is 0. The fourth-order valence-corrected chi connectivity index (χ4v) is 0.374. The third kappa shape index (κ3) is 9.08. The monoisotopic (exact) mass is 154 g/mol. The molecule has 1 heterocycles. The quantitative estimate of drug-likeness (QED) is 0.574. The van der Waals surface area contributed by atoms with Crippen molar-refractivity contribution < 1.29 is 0 Å². The standard InChI is InChI=1S/C5H6N2.2C2H6/c1-5-4-6-2-3-7-5;2*1-2/h2-4H,1H3;2*1-2H3. The summed E-state index contributed by atoms with van der Waals surface area (Å²) < 4.78 is 0. The van der Waals surface area contributed by atoms with Crippen LogP contribution in [-0.2, 0) is 0 Å². The molecule has 11 heavy (non-hydrogen) atoms. The van der Waals surface area contributed by atoms with E-state index in [0.717, 1.165) is 5.69 Å². The van der Waals surface area contributed by atoms with E-state index in [9.17, 15) is 0 Å². The first kappa shape index (κ1) is 12.7. The van der Waals surface area contributed by atoms with Gasteiger partial charge in [0.2, 0.25) is 0 Å². The lowest BCUT2D eigenvalue weighted by Gasteiger charge is -1.81. The van der Waals surface area contributed by atoms with Gasteiger partial charge in [-0.25, -0.2) is 0 Å². The third-order valence-corrected chi connectivity index (χ3v) is 0.692. The van der Waals surface area contributed by atoms with Crippen molar-refractivity contribution in [3.63, 3.8) is 0 Å². The smallest absolute Gasteiger partial charge is 0.0555 e. The van der Waals surface area contributed by atoms with E-state index in [1.807, 2.05) is 34.6 Å². The van der Waals surface area contributed by atoms with E-state index in [-0.39, 0.29) is 0 Å². The first-order chi connectivity index (χ1) is 5.39. The van der Waals surface area contributed by atoms with Crippen molar-refractivity contribution in [3.8, 4) is 0 Å². The Morgan fingerprint density at radius 3 is 1.73 bits per heavy atom. The van der Waals surface area contributed by atoms with Crippen LogP contribution in [0.2, 0.25) is 0 Å². The van der Waals surface area contributed by atoms with Crippen LogP contribution in [0.4, 0.5) is 0 Å². The minimum Gasteiger partial charge on any atom is -0.261 e. The lowest BCUT2D eigenvalue weighted by atomic mass is 10.5. The summed E-state index contributed by atoms with van der Waals surface area (Å²) in [5.74, 6) is 0. The van der Waals surface area contributed by atoms with E-state index in [0.29, 0.717) is 0 Å². The summed E-state index contributed by atoms with van der Waals surface area (Å²) in [6.07, 6.45) is 5.06. The number of aromatic nitrogens is 2. The van der Waals surface area contributed by atoms with Crippen LogP contribution in [0.25, 0.3) is 0 Å². The van der Waals surface area contributed by atoms with Gasteiger partial charge in [0, 0.05) is 18.6 Å². The molecule has 0 spiro atoms. The zero-order valence-corrected chi connectivity index (χ0v) is 8.13. The summed E-state index contributed by atoms with van der Waals surface area (Å²) >= 11 is 0. The van der Waals surface area contributed by atoms with Crippen LogP contribution in [0.15, 0.2) is 18.6 Å². The fourth-order valence-electron chi connectivity index (χ4n) is 0.374. The highest BCUT2D eigenvalue weighted by Crippen LogP contribution is 1.81. The largest absolute Gasteiger partial charge is 0.261 e. The molecular formula is C9H18N2. The first-order valence-electron chi connectivity index (χ1n) is 4.12. The highest BCUT2D eigenvalue weighted by atomic mass is 14.7. The Hall–Kier alpha value is -0.920. The van der Waals surface area contributed by atoms with Crippen molar-refractivity contribution in [2.45, 2.75) is 34.6 Å². The minimum absolute atomic E-state index is 0.961. The van der Waals surface area contributed by atoms with Crippen LogP contribution in [0.3, 0.4) is 0 Å². The lowest BCUT2D eigenvalue weighted by Crippen LogP contribution is -1.77. The second kappa shape index (κ2) is 11.8. The summed E-state index contributed by atoms with van der Waals surface area (Å²) in [4.78, 5) is 7.74. The summed E-state index contributed by atoms with van der Waals surface area (Å²) in [5, 5.41) is 0. The molecule has 0 fully saturated rings. The Kier molecular flexibility index (Phi) is 13.7. The van der Waals surface area contributed by atoms with Gasteiger partial charge < -0.3 is 0 Å². The van der Waals surface area contributed by atoms with Gasteiger partial charge in [0.25, 0.3) is 0 Å². The number of hydrogen-bond acceptors (Lipinski definition) is 2. The third-order valence-electron chi connectivity index (χ3n) is 0.692. The Labute approximate surface area is 69.7 Å². The molecular weight excluding hydrogens is 136 g/mol. The van der Waals surface area contributed by atoms with E-state index in [4.69, 9.17) is 0 Å². The highest BCUT2D eigenvalue weighted by Gasteiger charge is 1.74. The SMILES string of the molecule is CC.CC.Cc1cnccn1. The maximum absolute atomic E-state index is 3.92. The molecule has 2 nitrogen and oxygen atoms in total. The zero-order valence-electron chi connectivity index (χ0n) is 8.13. The highest BCUT2D eigenvalue weighted by molar-refractivity contribution is 4.88. The van der Waals surface area contributed by atoms with Crippen molar-refractivity contribution in [1.82, 2.24) is 9.97 Å². The number of rotatable bonds is 0. The summed E-state index contributed by atoms with van der Waals surface area (Å²) in [6.45, 7) is 9.91. The Morgan fingerprint density at radius 2 is 1.55 bits per heavy atom. The van der Waals surface area contributed by atoms with E-state index in [1.54, 1.807) is 18.6 Å². The van der Waals surface area contributed by atoms with Crippen LogP contribution in [0, 0.1) is 6.92 Å². The van der Waals surface area contributed by atoms with Gasteiger partial charge in [0.1, 0.15) is 0 Å². The molecule has 0 saturated carbocycles. The van der Waals surface area contributed by atoms with E-state index < -0.39 is 0 Å². The summed E-state index contributed by atoms with van der Waals surface area (Å²) in [7, 11) is 0. The maximum atomic E-state index is 3.92. The minimum atomic E-state index is 0.961. The molecule has 0 bridgehead atoms. The van der Waals surface area contributed by atoms with Gasteiger partial charge in [-0.1, -0.05) is 27.7 Å². The zero-order chi connectivity index (χ0) is 9.11. The molecule has 0 aromatic carbocycles. The normalized spacial score (nSPS) is 6.64. The molecule has 0 N–H and O–H groups in total. The van der Waals surface area contributed by atoms with Gasteiger partial charge >= 0.3 is 0 Å². The summed E-state index contributed by atoms with van der Waals surface area (Å²) in [5.41, 5.74) is 0.961. The topological polar surface area (TPSA) is 25.8 Å². The van der Waals surface area contributed by atoms with Crippen LogP contribution < -0.4 is 0 Å². The van der Waals surface area contributed by atoms with Gasteiger partial charge in [-0.3, -0.25) is 9.97 Å². The molecule has 1 aromatic heterocycles. The molecule has 0 unspecified atom stereocenters. The first-order valence-corrected chi connectivity index (χ1v) is 4.12. The average molecular weight is 154 g/mol. The molecule has 2 heteroatoms. The van der Waals surface area contributed by atoms with Crippen LogP contribution in [0.1, 0.15) is 33.4 Å². The second-order valence-electron chi connectivity index (χ2n) is 1.35. The van der Waals surface area contributed by atoms with Gasteiger partial charge in [0.05, 0.1) is 5.69 Å². The molecule has 0 aliphatic rings. The van der Waals surface area contributed by atoms with Gasteiger partial charge in [-0.05, 0) is 6.92 Å². The molecule has 0 amide bonds. The molecule has 1 aromatic rings. The molecule has 0 aliphatic carbocycles. The van der Waals surface area contributed by atoms with Crippen LogP contribution in [0.5, 0.6) is 0 Å². The molecule has 0 radical (unpaired) electrons. The average Bonchev–Trinajstić information content (AvgIpc) is 2.13. The van der Waals surface area contributed by atoms with E-state index in [2.05, 4.69) is 9.97 Å². The molecule has 0 aliphatic heterocycles. The van der Waals surface area contributed by atoms with Crippen molar-refractivity contribution in [2.75, 3.05) is 0 Å². The van der Waals surface area contributed by atoms with Gasteiger partial charge in [0.15, 0.2) is 0 Å². The van der Waals surface area contributed by atoms with Crippen molar-refractivity contribution >= 4 is 0 Å². The Morgan fingerprint density at radius 1 is 1.00 bits per heavy atom. The second-order valence-corrected chi connectivity index (χ2v) is 1.35. The molecule has 64 valence electrons. The van der Waals surface area contributed by atoms with Gasteiger partial charge in [-0.2, -0.15) is 0 Å². The Balaban J connectivity index is 0. The predicted octanol–water partition coefficient (Wildman–Crippen LogP) is 2.84. The van der Waals surface area contributed by atoms with Crippen molar-refractivity contribution in [1.29, 1.82) is 0 Å². The number of nitrogens with zero attached hydrogens (tertiary/aromatic N) is 2. The Bertz CT molecular complexity index is 137. The van der Waals surface area contributed by atoms with Crippen LogP contribution in [-0.4, -0.2) is 9.97 Å². The van der Waals surface area contributed by atoms with Gasteiger partial charge in [-0.15, -0.1) is 0 Å². The lowest BCUT2D eigenvalue weighted by molar-refractivity contribution is 1.12. The maximum Gasteiger partial charge on any atom is 0.0555 e. The van der Waals surface area contributed by atoms with E-state index >= 15 is 0 Å². The predicted molar refractivity (Wildman–Crippen MR) is 49.5 cm³/mol. The molecule has 0 atom stereocenters. The van der Waals surface area contributed by atoms with E-state index in [1.165, 1.54) is 0 Å². The fraction of sp³-hybridized carbons (Fsp3) is 0.556.